The van der Waals surface area contributed by atoms with Crippen LogP contribution in [0.5, 0.6) is 0 Å². The van der Waals surface area contributed by atoms with Crippen LogP contribution >= 0.6 is 23.1 Å². The van der Waals surface area contributed by atoms with Gasteiger partial charge in [0.2, 0.25) is 11.1 Å². The number of hydrogen-bond acceptors (Lipinski definition) is 8. The van der Waals surface area contributed by atoms with Gasteiger partial charge in [-0.1, -0.05) is 36.0 Å². The number of nitrogens with one attached hydrogen (secondary N) is 2. The van der Waals surface area contributed by atoms with E-state index in [1.54, 1.807) is 11.3 Å². The summed E-state index contributed by atoms with van der Waals surface area (Å²) in [6, 6.07) is 11.5. The van der Waals surface area contributed by atoms with E-state index in [0.29, 0.717) is 11.1 Å². The van der Waals surface area contributed by atoms with Crippen LogP contribution in [0.1, 0.15) is 17.4 Å². The Hall–Kier alpha value is -2.85. The van der Waals surface area contributed by atoms with Crippen LogP contribution < -0.4 is 16.6 Å². The van der Waals surface area contributed by atoms with E-state index in [2.05, 4.69) is 26.0 Å². The van der Waals surface area contributed by atoms with Gasteiger partial charge in [0.05, 0.1) is 11.5 Å². The number of anilines is 2. The summed E-state index contributed by atoms with van der Waals surface area (Å²) in [4.78, 5) is 13.2. The number of hydrogen-bond donors (Lipinski definition) is 3. The van der Waals surface area contributed by atoms with Crippen LogP contribution in [-0.4, -0.2) is 32.2 Å². The molecule has 0 fully saturated rings. The maximum Gasteiger partial charge on any atom is 0.264 e. The standard InChI is InChI=1S/C17H19N7OS2/c1-11-6-3-4-7-13(11)19-15(25)10-27-17-23-22-16(24(17)18)21-20-12(2)14-8-5-9-26-14/h3-9H,10,18H2,1-2H3,(H,19,25)(H,21,22)/b20-12+. The number of benzene rings is 1. The average molecular weight is 402 g/mol. The van der Waals surface area contributed by atoms with E-state index in [-0.39, 0.29) is 11.7 Å². The summed E-state index contributed by atoms with van der Waals surface area (Å²) in [5.41, 5.74) is 5.41. The Morgan fingerprint density at radius 3 is 2.85 bits per heavy atom. The molecular formula is C17H19N7OS2. The van der Waals surface area contributed by atoms with Crippen LogP contribution in [0, 0.1) is 6.92 Å². The fraction of sp³-hybridized carbons (Fsp3) is 0.176. The van der Waals surface area contributed by atoms with Crippen molar-refractivity contribution in [2.45, 2.75) is 19.0 Å². The molecule has 0 aliphatic heterocycles. The second kappa shape index (κ2) is 8.69. The fourth-order valence-electron chi connectivity index (χ4n) is 2.15. The number of carbonyl (C=O) groups excluding carboxylic acids is 1. The number of nitrogens with two attached hydrogens (primary N) is 1. The van der Waals surface area contributed by atoms with Crippen LogP contribution in [0.2, 0.25) is 0 Å². The highest BCUT2D eigenvalue weighted by atomic mass is 32.2. The van der Waals surface area contributed by atoms with Crippen molar-refractivity contribution in [1.29, 1.82) is 0 Å². The largest absolute Gasteiger partial charge is 0.334 e. The highest BCUT2D eigenvalue weighted by molar-refractivity contribution is 7.99. The summed E-state index contributed by atoms with van der Waals surface area (Å²) in [5.74, 6) is 6.31. The molecule has 27 heavy (non-hydrogen) atoms. The van der Waals surface area contributed by atoms with Gasteiger partial charge in [-0.15, -0.1) is 21.5 Å². The third-order valence-corrected chi connectivity index (χ3v) is 5.54. The molecule has 3 aromatic rings. The normalized spacial score (nSPS) is 11.4. The van der Waals surface area contributed by atoms with Gasteiger partial charge in [0.25, 0.3) is 5.95 Å². The molecular weight excluding hydrogens is 382 g/mol. The molecule has 0 saturated carbocycles. The van der Waals surface area contributed by atoms with Gasteiger partial charge >= 0.3 is 0 Å². The summed E-state index contributed by atoms with van der Waals surface area (Å²) in [5, 5.41) is 17.5. The molecule has 140 valence electrons. The first-order chi connectivity index (χ1) is 13.0. The lowest BCUT2D eigenvalue weighted by molar-refractivity contribution is -0.113. The molecule has 0 atom stereocenters. The number of aryl methyl sites for hydroxylation is 1. The Kier molecular flexibility index (Phi) is 6.09. The number of rotatable bonds is 7. The molecule has 0 unspecified atom stereocenters. The van der Waals surface area contributed by atoms with Crippen molar-refractivity contribution in [3.05, 3.63) is 52.2 Å². The molecule has 0 radical (unpaired) electrons. The predicted octanol–water partition coefficient (Wildman–Crippen LogP) is 2.93. The molecule has 3 rings (SSSR count). The zero-order valence-electron chi connectivity index (χ0n) is 14.8. The van der Waals surface area contributed by atoms with Crippen molar-refractivity contribution >= 4 is 46.4 Å². The van der Waals surface area contributed by atoms with E-state index >= 15 is 0 Å². The predicted molar refractivity (Wildman–Crippen MR) is 111 cm³/mol. The number of nitrogen functional groups attached to an aromatic ring is 1. The number of thioether (sulfide) groups is 1. The molecule has 0 spiro atoms. The number of thiophene rings is 1. The first-order valence-electron chi connectivity index (χ1n) is 8.07. The number of carbonyl (C=O) groups is 1. The second-order valence-electron chi connectivity index (χ2n) is 5.61. The molecule has 2 aromatic heterocycles. The fourth-order valence-corrected chi connectivity index (χ4v) is 3.49. The summed E-state index contributed by atoms with van der Waals surface area (Å²) in [6.45, 7) is 3.83. The lowest BCUT2D eigenvalue weighted by Crippen LogP contribution is -2.17. The molecule has 0 aliphatic rings. The number of hydrazone groups is 1. The van der Waals surface area contributed by atoms with Crippen molar-refractivity contribution < 1.29 is 4.79 Å². The molecule has 1 amide bonds. The van der Waals surface area contributed by atoms with E-state index in [1.807, 2.05) is 55.6 Å². The van der Waals surface area contributed by atoms with Crippen LogP contribution in [0.3, 0.4) is 0 Å². The van der Waals surface area contributed by atoms with Gasteiger partial charge < -0.3 is 11.2 Å². The van der Waals surface area contributed by atoms with Gasteiger partial charge in [0.1, 0.15) is 0 Å². The quantitative estimate of drug-likeness (QED) is 0.243. The minimum Gasteiger partial charge on any atom is -0.334 e. The smallest absolute Gasteiger partial charge is 0.264 e. The SMILES string of the molecule is C/C(=N\Nc1nnc(SCC(=O)Nc2ccccc2C)n1N)c1cccs1. The highest BCUT2D eigenvalue weighted by Gasteiger charge is 2.13. The van der Waals surface area contributed by atoms with E-state index in [0.717, 1.165) is 21.8 Å². The highest BCUT2D eigenvalue weighted by Crippen LogP contribution is 2.19. The maximum atomic E-state index is 12.1. The Morgan fingerprint density at radius 1 is 1.30 bits per heavy atom. The van der Waals surface area contributed by atoms with Crippen LogP contribution in [0.25, 0.3) is 0 Å². The van der Waals surface area contributed by atoms with Gasteiger partial charge in [0.15, 0.2) is 0 Å². The molecule has 0 saturated heterocycles. The summed E-state index contributed by atoms with van der Waals surface area (Å²) >= 11 is 2.79. The third-order valence-electron chi connectivity index (χ3n) is 3.62. The number of aromatic nitrogens is 3. The monoisotopic (exact) mass is 401 g/mol. The average Bonchev–Trinajstić information content (AvgIpc) is 3.31. The van der Waals surface area contributed by atoms with Gasteiger partial charge in [-0.3, -0.25) is 4.79 Å². The molecule has 0 bridgehead atoms. The van der Waals surface area contributed by atoms with E-state index in [4.69, 9.17) is 5.84 Å². The van der Waals surface area contributed by atoms with Crippen molar-refractivity contribution in [3.63, 3.8) is 0 Å². The Bertz CT molecular complexity index is 950. The first-order valence-corrected chi connectivity index (χ1v) is 9.94. The second-order valence-corrected chi connectivity index (χ2v) is 7.50. The Morgan fingerprint density at radius 2 is 2.11 bits per heavy atom. The summed E-state index contributed by atoms with van der Waals surface area (Å²) < 4.78 is 1.27. The van der Waals surface area contributed by atoms with Crippen LogP contribution in [-0.2, 0) is 4.79 Å². The topological polar surface area (TPSA) is 110 Å². The maximum absolute atomic E-state index is 12.1. The van der Waals surface area contributed by atoms with Gasteiger partial charge in [-0.2, -0.15) is 5.10 Å². The first kappa shape index (κ1) is 18.9. The van der Waals surface area contributed by atoms with E-state index < -0.39 is 0 Å². The van der Waals surface area contributed by atoms with Crippen molar-refractivity contribution in [2.24, 2.45) is 5.10 Å². The molecule has 1 aromatic carbocycles. The molecule has 2 heterocycles. The van der Waals surface area contributed by atoms with Crippen LogP contribution in [0.15, 0.2) is 52.0 Å². The Labute approximate surface area is 164 Å². The molecule has 10 heteroatoms. The van der Waals surface area contributed by atoms with Gasteiger partial charge in [0, 0.05) is 10.6 Å². The minimum absolute atomic E-state index is 0.140. The van der Waals surface area contributed by atoms with Crippen molar-refractivity contribution in [2.75, 3.05) is 22.3 Å². The third kappa shape index (κ3) is 4.86. The lowest BCUT2D eigenvalue weighted by Gasteiger charge is -2.07. The zero-order chi connectivity index (χ0) is 19.2. The lowest BCUT2D eigenvalue weighted by atomic mass is 10.2. The summed E-state index contributed by atoms with van der Waals surface area (Å²) in [7, 11) is 0. The van der Waals surface area contributed by atoms with E-state index in [9.17, 15) is 4.79 Å². The number of amides is 1. The molecule has 0 aliphatic carbocycles. The van der Waals surface area contributed by atoms with Gasteiger partial charge in [-0.25, -0.2) is 10.1 Å². The van der Waals surface area contributed by atoms with Gasteiger partial charge in [-0.05, 0) is 36.9 Å². The Balaban J connectivity index is 1.56. The molecule has 4 N–H and O–H groups in total. The van der Waals surface area contributed by atoms with Crippen LogP contribution in [0.4, 0.5) is 11.6 Å². The van der Waals surface area contributed by atoms with E-state index in [1.165, 1.54) is 16.4 Å². The van der Waals surface area contributed by atoms with Crippen molar-refractivity contribution in [3.8, 4) is 0 Å². The van der Waals surface area contributed by atoms with Crippen molar-refractivity contribution in [1.82, 2.24) is 14.9 Å². The molecule has 8 nitrogen and oxygen atoms in total. The number of para-hydroxylation sites is 1. The summed E-state index contributed by atoms with van der Waals surface area (Å²) in [6.07, 6.45) is 0. The number of nitrogens with zero attached hydrogens (tertiary/aromatic N) is 4. The zero-order valence-corrected chi connectivity index (χ0v) is 16.5. The minimum atomic E-state index is -0.140.